The zero-order chi connectivity index (χ0) is 7.66. The van der Waals surface area contributed by atoms with Gasteiger partial charge in [-0.15, -0.1) is 0 Å². The largest absolute Gasteiger partial charge is 0.299 e. The Labute approximate surface area is 62.4 Å². The Morgan fingerprint density at radius 3 is 1.70 bits per heavy atom. The van der Waals surface area contributed by atoms with Crippen molar-refractivity contribution in [3.63, 3.8) is 0 Å². The number of hydrogen-bond donors (Lipinski definition) is 0. The molecule has 0 saturated heterocycles. The molecule has 1 aliphatic rings. The summed E-state index contributed by atoms with van der Waals surface area (Å²) in [4.78, 5) is 9.06. The van der Waals surface area contributed by atoms with Gasteiger partial charge in [-0.2, -0.15) is 0 Å². The lowest BCUT2D eigenvalue weighted by molar-refractivity contribution is -0.104. The predicted octanol–water partition coefficient (Wildman–Crippen LogP) is 2.49. The van der Waals surface area contributed by atoms with Gasteiger partial charge in [0.2, 0.25) is 0 Å². The van der Waals surface area contributed by atoms with Crippen molar-refractivity contribution in [1.29, 1.82) is 0 Å². The molecule has 1 heteroatoms. The molecule has 0 saturated carbocycles. The van der Waals surface area contributed by atoms with Gasteiger partial charge in [0.05, 0.1) is 0 Å². The zero-order valence-electron chi connectivity index (χ0n) is 6.25. The predicted molar refractivity (Wildman–Crippen MR) is 43.9 cm³/mol. The summed E-state index contributed by atoms with van der Waals surface area (Å²) in [5.74, 6) is 0. The number of rotatable bonds is 1. The van der Waals surface area contributed by atoms with E-state index in [1.54, 1.807) is 0 Å². The van der Waals surface area contributed by atoms with E-state index in [4.69, 9.17) is 4.79 Å². The second kappa shape index (κ2) is 8.15. The van der Waals surface area contributed by atoms with Crippen molar-refractivity contribution in [3.8, 4) is 0 Å². The van der Waals surface area contributed by atoms with E-state index in [0.717, 1.165) is 0 Å². The molecule has 10 heavy (non-hydrogen) atoms. The van der Waals surface area contributed by atoms with Crippen molar-refractivity contribution in [2.75, 3.05) is 0 Å². The Hall–Kier alpha value is -0.850. The average Bonchev–Trinajstić information content (AvgIpc) is 2.08. The van der Waals surface area contributed by atoms with Crippen LogP contribution in [0.3, 0.4) is 0 Å². The molecule has 0 amide bonds. The molecule has 1 aliphatic carbocycles. The molecule has 0 N–H and O–H groups in total. The lowest BCUT2D eigenvalue weighted by Gasteiger charge is -1.97. The second-order valence-corrected chi connectivity index (χ2v) is 2.13. The van der Waals surface area contributed by atoms with Gasteiger partial charge in [0.15, 0.2) is 0 Å². The third-order valence-electron chi connectivity index (χ3n) is 1.25. The van der Waals surface area contributed by atoms with Crippen molar-refractivity contribution in [3.05, 3.63) is 24.8 Å². The van der Waals surface area contributed by atoms with E-state index in [2.05, 4.69) is 18.7 Å². The van der Waals surface area contributed by atoms with Gasteiger partial charge in [0, 0.05) is 0 Å². The van der Waals surface area contributed by atoms with Gasteiger partial charge in [-0.25, -0.2) is 0 Å². The lowest BCUT2D eigenvalue weighted by Crippen LogP contribution is -1.77. The Bertz CT molecular complexity index is 99.9. The van der Waals surface area contributed by atoms with E-state index in [9.17, 15) is 0 Å². The monoisotopic (exact) mass is 138 g/mol. The van der Waals surface area contributed by atoms with Crippen LogP contribution in [0.25, 0.3) is 0 Å². The maximum Gasteiger partial charge on any atom is 0.142 e. The summed E-state index contributed by atoms with van der Waals surface area (Å²) in [5.41, 5.74) is 0. The summed E-state index contributed by atoms with van der Waals surface area (Å²) in [6.45, 7) is 3.11. The summed E-state index contributed by atoms with van der Waals surface area (Å²) in [6, 6.07) is 0. The van der Waals surface area contributed by atoms with E-state index >= 15 is 0 Å². The third-order valence-corrected chi connectivity index (χ3v) is 1.25. The molecular formula is C9H14O. The topological polar surface area (TPSA) is 17.1 Å². The number of hydrogen-bond acceptors (Lipinski definition) is 1. The van der Waals surface area contributed by atoms with Crippen LogP contribution in [0.2, 0.25) is 0 Å². The normalized spacial score (nSPS) is 14.8. The second-order valence-electron chi connectivity index (χ2n) is 2.13. The Balaban J connectivity index is 0.000000180. The fraction of sp³-hybridized carbons (Fsp3) is 0.444. The summed E-state index contributed by atoms with van der Waals surface area (Å²) < 4.78 is 0. The Morgan fingerprint density at radius 2 is 1.60 bits per heavy atom. The van der Waals surface area contributed by atoms with E-state index in [1.165, 1.54) is 31.8 Å². The van der Waals surface area contributed by atoms with Crippen molar-refractivity contribution >= 4 is 6.29 Å². The summed E-state index contributed by atoms with van der Waals surface area (Å²) in [6.07, 6.45) is 11.8. The first-order chi connectivity index (χ1) is 4.91. The zero-order valence-corrected chi connectivity index (χ0v) is 6.25. The maximum absolute atomic E-state index is 9.06. The first-order valence-corrected chi connectivity index (χ1v) is 3.63. The fourth-order valence-electron chi connectivity index (χ4n) is 0.760. The molecule has 0 aromatic carbocycles. The molecule has 56 valence electrons. The van der Waals surface area contributed by atoms with Crippen LogP contribution < -0.4 is 0 Å². The smallest absolute Gasteiger partial charge is 0.142 e. The van der Waals surface area contributed by atoms with Crippen LogP contribution in [0, 0.1) is 0 Å². The van der Waals surface area contributed by atoms with Gasteiger partial charge in [-0.1, -0.05) is 18.7 Å². The van der Waals surface area contributed by atoms with Gasteiger partial charge in [0.1, 0.15) is 6.29 Å². The first kappa shape index (κ1) is 9.15. The highest BCUT2D eigenvalue weighted by Crippen LogP contribution is 2.07. The van der Waals surface area contributed by atoms with Gasteiger partial charge in [-0.3, -0.25) is 4.79 Å². The lowest BCUT2D eigenvalue weighted by atomic mass is 10.1. The Morgan fingerprint density at radius 1 is 1.20 bits per heavy atom. The van der Waals surface area contributed by atoms with E-state index in [1.807, 2.05) is 0 Å². The van der Waals surface area contributed by atoms with Crippen LogP contribution in [-0.2, 0) is 4.79 Å². The van der Waals surface area contributed by atoms with Crippen LogP contribution in [0.15, 0.2) is 24.8 Å². The molecule has 1 rings (SSSR count). The third kappa shape index (κ3) is 7.15. The number of carbonyl (C=O) groups is 1. The van der Waals surface area contributed by atoms with Crippen molar-refractivity contribution in [1.82, 2.24) is 0 Å². The Kier molecular flexibility index (Phi) is 7.46. The molecule has 0 unspecified atom stereocenters. The van der Waals surface area contributed by atoms with E-state index in [0.29, 0.717) is 6.29 Å². The molecule has 1 nitrogen and oxygen atoms in total. The maximum atomic E-state index is 9.06. The van der Waals surface area contributed by atoms with Gasteiger partial charge >= 0.3 is 0 Å². The van der Waals surface area contributed by atoms with Gasteiger partial charge in [-0.05, 0) is 31.8 Å². The molecule has 0 aromatic heterocycles. The van der Waals surface area contributed by atoms with Crippen LogP contribution in [0.5, 0.6) is 0 Å². The van der Waals surface area contributed by atoms with E-state index < -0.39 is 0 Å². The van der Waals surface area contributed by atoms with Crippen LogP contribution in [-0.4, -0.2) is 6.29 Å². The molecule has 0 aliphatic heterocycles. The van der Waals surface area contributed by atoms with Gasteiger partial charge in [0.25, 0.3) is 0 Å². The number of aldehydes is 1. The SMILES string of the molecule is C1=CCCCC1.C=CC=O. The summed E-state index contributed by atoms with van der Waals surface area (Å²) in [7, 11) is 0. The first-order valence-electron chi connectivity index (χ1n) is 3.63. The highest BCUT2D eigenvalue weighted by Gasteiger charge is 1.87. The standard InChI is InChI=1S/C6H10.C3H4O/c1-2-4-6-5-3-1;1-2-3-4/h1-2H,3-6H2;2-3H,1H2. The average molecular weight is 138 g/mol. The molecule has 0 aromatic rings. The minimum absolute atomic E-state index is 0.639. The molecule has 0 atom stereocenters. The highest BCUT2D eigenvalue weighted by molar-refractivity contribution is 5.63. The minimum Gasteiger partial charge on any atom is -0.299 e. The van der Waals surface area contributed by atoms with Crippen LogP contribution >= 0.6 is 0 Å². The van der Waals surface area contributed by atoms with Gasteiger partial charge < -0.3 is 0 Å². The summed E-state index contributed by atoms with van der Waals surface area (Å²) in [5, 5.41) is 0. The van der Waals surface area contributed by atoms with Crippen LogP contribution in [0.4, 0.5) is 0 Å². The molecule has 0 bridgehead atoms. The quantitative estimate of drug-likeness (QED) is 0.309. The highest BCUT2D eigenvalue weighted by atomic mass is 16.1. The van der Waals surface area contributed by atoms with Crippen molar-refractivity contribution in [2.24, 2.45) is 0 Å². The number of carbonyl (C=O) groups excluding carboxylic acids is 1. The van der Waals surface area contributed by atoms with E-state index in [-0.39, 0.29) is 0 Å². The molecule has 0 fully saturated rings. The minimum atomic E-state index is 0.639. The number of allylic oxidation sites excluding steroid dienone is 3. The fourth-order valence-corrected chi connectivity index (χ4v) is 0.760. The summed E-state index contributed by atoms with van der Waals surface area (Å²) >= 11 is 0. The van der Waals surface area contributed by atoms with Crippen molar-refractivity contribution < 1.29 is 4.79 Å². The van der Waals surface area contributed by atoms with Crippen molar-refractivity contribution in [2.45, 2.75) is 25.7 Å². The molecular weight excluding hydrogens is 124 g/mol. The molecule has 0 heterocycles. The van der Waals surface area contributed by atoms with Crippen LogP contribution in [0.1, 0.15) is 25.7 Å². The molecule has 0 radical (unpaired) electrons. The molecule has 0 spiro atoms.